The summed E-state index contributed by atoms with van der Waals surface area (Å²) in [4.78, 5) is 0. The first kappa shape index (κ1) is 32.2. The number of rotatable bonds is 15. The number of hydrogen-bond acceptors (Lipinski definition) is 6. The van der Waals surface area contributed by atoms with Gasteiger partial charge in [-0.1, -0.05) is 127 Å². The van der Waals surface area contributed by atoms with E-state index < -0.39 is 30.2 Å². The molecule has 4 aromatic carbocycles. The van der Waals surface area contributed by atoms with Crippen LogP contribution in [-0.4, -0.2) is 43.4 Å². The van der Waals surface area contributed by atoms with Crippen molar-refractivity contribution >= 4 is 0 Å². The third kappa shape index (κ3) is 8.91. The Balaban J connectivity index is 1.49. The van der Waals surface area contributed by atoms with Gasteiger partial charge in [0.25, 0.3) is 5.79 Å². The third-order valence-corrected chi connectivity index (χ3v) is 7.50. The van der Waals surface area contributed by atoms with Crippen LogP contribution in [0.2, 0.25) is 0 Å². The van der Waals surface area contributed by atoms with Crippen LogP contribution in [0.5, 0.6) is 0 Å². The lowest BCUT2D eigenvalue weighted by atomic mass is 9.91. The van der Waals surface area contributed by atoms with Gasteiger partial charge in [-0.25, -0.2) is 0 Å². The lowest BCUT2D eigenvalue weighted by Crippen LogP contribution is -2.67. The monoisotopic (exact) mass is 602 g/mol. The molecule has 6 nitrogen and oxygen atoms in total. The highest BCUT2D eigenvalue weighted by atomic mass is 16.7. The molecule has 0 amide bonds. The summed E-state index contributed by atoms with van der Waals surface area (Å²) in [5.74, 6) is 3.59. The average molecular weight is 603 g/mol. The summed E-state index contributed by atoms with van der Waals surface area (Å²) in [6.45, 7) is 1.29. The maximum absolute atomic E-state index is 6.69. The van der Waals surface area contributed by atoms with Gasteiger partial charge in [0.2, 0.25) is 0 Å². The Morgan fingerprint density at radius 1 is 0.578 bits per heavy atom. The predicted molar refractivity (Wildman–Crippen MR) is 172 cm³/mol. The van der Waals surface area contributed by atoms with Crippen molar-refractivity contribution in [3.63, 3.8) is 0 Å². The average Bonchev–Trinajstić information content (AvgIpc) is 3.10. The highest BCUT2D eigenvalue weighted by molar-refractivity contribution is 5.19. The number of hydrogen-bond donors (Lipinski definition) is 0. The quantitative estimate of drug-likeness (QED) is 0.148. The summed E-state index contributed by atoms with van der Waals surface area (Å²) < 4.78 is 38.9. The van der Waals surface area contributed by atoms with Crippen LogP contribution in [0.4, 0.5) is 0 Å². The predicted octanol–water partition coefficient (Wildman–Crippen LogP) is 6.34. The molecule has 6 heteroatoms. The molecule has 5 unspecified atom stereocenters. The van der Waals surface area contributed by atoms with Crippen LogP contribution in [0.25, 0.3) is 0 Å². The summed E-state index contributed by atoms with van der Waals surface area (Å²) in [6, 6.07) is 39.6. The lowest BCUT2D eigenvalue weighted by Gasteiger charge is -2.49. The molecule has 1 saturated heterocycles. The van der Waals surface area contributed by atoms with E-state index in [1.165, 1.54) is 0 Å². The molecule has 0 aliphatic carbocycles. The van der Waals surface area contributed by atoms with Crippen LogP contribution in [-0.2, 0) is 54.8 Å². The van der Waals surface area contributed by atoms with E-state index in [1.807, 2.05) is 121 Å². The maximum Gasteiger partial charge on any atom is 0.264 e. The minimum atomic E-state index is -1.67. The van der Waals surface area contributed by atoms with Crippen molar-refractivity contribution in [2.24, 2.45) is 0 Å². The van der Waals surface area contributed by atoms with Gasteiger partial charge in [0.05, 0.1) is 33.0 Å². The Morgan fingerprint density at radius 2 is 1.02 bits per heavy atom. The Labute approximate surface area is 266 Å². The topological polar surface area (TPSA) is 55.4 Å². The van der Waals surface area contributed by atoms with Crippen LogP contribution < -0.4 is 0 Å². The Hall–Kier alpha value is -4.24. The smallest absolute Gasteiger partial charge is 0.264 e. The summed E-state index contributed by atoms with van der Waals surface area (Å²) in [5, 5.41) is 0. The zero-order valence-electron chi connectivity index (χ0n) is 25.2. The van der Waals surface area contributed by atoms with Crippen molar-refractivity contribution in [3.05, 3.63) is 144 Å². The van der Waals surface area contributed by atoms with E-state index in [-0.39, 0.29) is 26.4 Å². The van der Waals surface area contributed by atoms with Gasteiger partial charge in [-0.3, -0.25) is 0 Å². The summed E-state index contributed by atoms with van der Waals surface area (Å²) in [6.07, 6.45) is 8.92. The summed E-state index contributed by atoms with van der Waals surface area (Å²) in [7, 11) is 0. The van der Waals surface area contributed by atoms with Crippen molar-refractivity contribution in [3.8, 4) is 24.7 Å². The van der Waals surface area contributed by atoms with Gasteiger partial charge in [0.15, 0.2) is 6.10 Å². The fraction of sp³-hybridized carbons (Fsp3) is 0.282. The lowest BCUT2D eigenvalue weighted by molar-refractivity contribution is -0.357. The molecular formula is C39H38O6. The van der Waals surface area contributed by atoms with E-state index in [0.29, 0.717) is 13.2 Å². The highest BCUT2D eigenvalue weighted by Gasteiger charge is 2.57. The molecule has 5 atom stereocenters. The van der Waals surface area contributed by atoms with Crippen molar-refractivity contribution in [2.75, 3.05) is 13.2 Å². The molecule has 4 aromatic rings. The van der Waals surface area contributed by atoms with Crippen molar-refractivity contribution < 1.29 is 28.4 Å². The Morgan fingerprint density at radius 3 is 1.49 bits per heavy atom. The van der Waals surface area contributed by atoms with Gasteiger partial charge < -0.3 is 28.4 Å². The van der Waals surface area contributed by atoms with Gasteiger partial charge in [-0.05, 0) is 28.2 Å². The highest BCUT2D eigenvalue weighted by Crippen LogP contribution is 2.38. The molecule has 0 aromatic heterocycles. The van der Waals surface area contributed by atoms with Crippen LogP contribution in [0, 0.1) is 24.7 Å². The van der Waals surface area contributed by atoms with Crippen molar-refractivity contribution in [1.29, 1.82) is 0 Å². The maximum atomic E-state index is 6.69. The molecule has 0 N–H and O–H groups in total. The molecule has 230 valence electrons. The van der Waals surface area contributed by atoms with Gasteiger partial charge in [0, 0.05) is 0 Å². The zero-order valence-corrected chi connectivity index (χ0v) is 25.2. The van der Waals surface area contributed by atoms with E-state index in [1.54, 1.807) is 0 Å². The molecule has 45 heavy (non-hydrogen) atoms. The number of terminal acetylenes is 2. The minimum absolute atomic E-state index is 0.0894. The molecule has 1 aliphatic rings. The van der Waals surface area contributed by atoms with Gasteiger partial charge in [0.1, 0.15) is 24.9 Å². The fourth-order valence-electron chi connectivity index (χ4n) is 5.26. The Bertz CT molecular complexity index is 1500. The second kappa shape index (κ2) is 16.7. The third-order valence-electron chi connectivity index (χ3n) is 7.50. The van der Waals surface area contributed by atoms with E-state index in [9.17, 15) is 0 Å². The second-order valence-electron chi connectivity index (χ2n) is 10.7. The fourth-order valence-corrected chi connectivity index (χ4v) is 5.26. The molecule has 0 saturated carbocycles. The summed E-state index contributed by atoms with van der Waals surface area (Å²) >= 11 is 0. The Kier molecular flexibility index (Phi) is 12.0. The molecular weight excluding hydrogens is 564 g/mol. The van der Waals surface area contributed by atoms with Gasteiger partial charge >= 0.3 is 0 Å². The first-order chi connectivity index (χ1) is 22.2. The zero-order chi connectivity index (χ0) is 31.2. The molecule has 5 rings (SSSR count). The molecule has 0 spiro atoms. The van der Waals surface area contributed by atoms with Gasteiger partial charge in [-0.2, -0.15) is 0 Å². The van der Waals surface area contributed by atoms with E-state index in [0.717, 1.165) is 22.3 Å². The minimum Gasteiger partial charge on any atom is -0.374 e. The molecule has 1 fully saturated rings. The SMILES string of the molecule is C#CCOC1(C#C)OC(COCc2ccccc2)C(OCc2ccccc2)C(OCc2ccccc2)C1OCc1ccccc1. The molecule has 1 heterocycles. The molecule has 0 bridgehead atoms. The largest absolute Gasteiger partial charge is 0.374 e. The summed E-state index contributed by atoms with van der Waals surface area (Å²) in [5.41, 5.74) is 3.97. The second-order valence-corrected chi connectivity index (χ2v) is 10.7. The standard InChI is InChI=1S/C39H38O6/c1-3-25-44-39(4-2)38(43-29-34-23-15-8-16-24-34)37(42-28-33-21-13-7-14-22-33)36(41-27-32-19-11-6-12-20-32)35(45-39)30-40-26-31-17-9-5-10-18-31/h1-2,5-24,35-38H,25-30H2. The van der Waals surface area contributed by atoms with Crippen molar-refractivity contribution in [2.45, 2.75) is 56.6 Å². The van der Waals surface area contributed by atoms with E-state index >= 15 is 0 Å². The first-order valence-electron chi connectivity index (χ1n) is 15.0. The van der Waals surface area contributed by atoms with Crippen LogP contribution in [0.3, 0.4) is 0 Å². The van der Waals surface area contributed by atoms with E-state index in [2.05, 4.69) is 11.8 Å². The van der Waals surface area contributed by atoms with Gasteiger partial charge in [-0.15, -0.1) is 12.8 Å². The van der Waals surface area contributed by atoms with Crippen LogP contribution in [0.1, 0.15) is 22.3 Å². The van der Waals surface area contributed by atoms with Crippen LogP contribution >= 0.6 is 0 Å². The van der Waals surface area contributed by atoms with E-state index in [4.69, 9.17) is 41.3 Å². The number of benzene rings is 4. The van der Waals surface area contributed by atoms with Crippen LogP contribution in [0.15, 0.2) is 121 Å². The normalized spacial score (nSPS) is 22.7. The van der Waals surface area contributed by atoms with Crippen molar-refractivity contribution in [1.82, 2.24) is 0 Å². The molecule has 1 aliphatic heterocycles. The number of ether oxygens (including phenoxy) is 6. The molecule has 0 radical (unpaired) electrons. The first-order valence-corrected chi connectivity index (χ1v) is 15.0.